The van der Waals surface area contributed by atoms with Crippen LogP contribution in [0.1, 0.15) is 40.3 Å². The summed E-state index contributed by atoms with van der Waals surface area (Å²) in [6.07, 6.45) is 0. The SMILES string of the molecule is CC(C)(C)c1cc(NC(=O)CN2CCS(=O)CC2(C)C)n(-c2ccccc2)n1. The normalized spacial score (nSPS) is 20.1. The number of benzene rings is 1. The quantitative estimate of drug-likeness (QED) is 0.854. The maximum absolute atomic E-state index is 12.8. The lowest BCUT2D eigenvalue weighted by molar-refractivity contribution is -0.118. The van der Waals surface area contributed by atoms with E-state index in [2.05, 4.69) is 31.0 Å². The Balaban J connectivity index is 1.82. The summed E-state index contributed by atoms with van der Waals surface area (Å²) in [5.41, 5.74) is 1.44. The van der Waals surface area contributed by atoms with Crippen molar-refractivity contribution in [3.63, 3.8) is 0 Å². The average Bonchev–Trinajstić information content (AvgIpc) is 3.02. The fourth-order valence-electron chi connectivity index (χ4n) is 3.32. The number of hydrogen-bond donors (Lipinski definition) is 1. The number of para-hydroxylation sites is 1. The Kier molecular flexibility index (Phi) is 5.77. The van der Waals surface area contributed by atoms with Gasteiger partial charge in [-0.3, -0.25) is 13.9 Å². The predicted molar refractivity (Wildman–Crippen MR) is 114 cm³/mol. The van der Waals surface area contributed by atoms with Gasteiger partial charge >= 0.3 is 0 Å². The lowest BCUT2D eigenvalue weighted by atomic mass is 9.92. The van der Waals surface area contributed by atoms with Crippen LogP contribution in [0.5, 0.6) is 0 Å². The Hall–Kier alpha value is -1.99. The minimum absolute atomic E-state index is 0.0849. The number of hydrogen-bond acceptors (Lipinski definition) is 4. The molecule has 1 aliphatic heterocycles. The van der Waals surface area contributed by atoms with Crippen LogP contribution < -0.4 is 5.32 Å². The molecule has 1 amide bonds. The maximum Gasteiger partial charge on any atom is 0.239 e. The Bertz CT molecular complexity index is 868. The van der Waals surface area contributed by atoms with Crippen molar-refractivity contribution in [3.05, 3.63) is 42.1 Å². The molecule has 1 unspecified atom stereocenters. The summed E-state index contributed by atoms with van der Waals surface area (Å²) in [5.74, 6) is 1.79. The van der Waals surface area contributed by atoms with Crippen molar-refractivity contribution in [2.75, 3.05) is 29.9 Å². The standard InChI is InChI=1S/C21H30N4O2S/c1-20(2,3)17-13-18(25(23-17)16-9-7-6-8-10-16)22-19(26)14-24-11-12-28(27)15-21(24,4)5/h6-10,13H,11-12,14-15H2,1-5H3,(H,22,26). The second kappa shape index (κ2) is 7.79. The third-order valence-corrected chi connectivity index (χ3v) is 6.71. The van der Waals surface area contributed by atoms with Crippen LogP contribution in [0.15, 0.2) is 36.4 Å². The Morgan fingerprint density at radius 3 is 2.54 bits per heavy atom. The highest BCUT2D eigenvalue weighted by molar-refractivity contribution is 7.85. The van der Waals surface area contributed by atoms with Gasteiger partial charge in [0.05, 0.1) is 17.9 Å². The molecule has 3 rings (SSSR count). The summed E-state index contributed by atoms with van der Waals surface area (Å²) in [6, 6.07) is 11.8. The molecule has 1 N–H and O–H groups in total. The number of carbonyl (C=O) groups excluding carboxylic acids is 1. The Labute approximate surface area is 169 Å². The molecule has 1 saturated heterocycles. The fraction of sp³-hybridized carbons (Fsp3) is 0.524. The van der Waals surface area contributed by atoms with E-state index in [-0.39, 0.29) is 23.4 Å². The zero-order chi connectivity index (χ0) is 20.5. The van der Waals surface area contributed by atoms with Crippen molar-refractivity contribution < 1.29 is 9.00 Å². The van der Waals surface area contributed by atoms with Gasteiger partial charge in [-0.05, 0) is 26.0 Å². The largest absolute Gasteiger partial charge is 0.309 e. The van der Waals surface area contributed by atoms with Crippen LogP contribution in [0.25, 0.3) is 5.69 Å². The van der Waals surface area contributed by atoms with Gasteiger partial charge in [0.2, 0.25) is 5.91 Å². The van der Waals surface area contributed by atoms with Crippen LogP contribution in [0.2, 0.25) is 0 Å². The van der Waals surface area contributed by atoms with Crippen LogP contribution in [0.4, 0.5) is 5.82 Å². The molecule has 1 fully saturated rings. The summed E-state index contributed by atoms with van der Waals surface area (Å²) in [4.78, 5) is 14.9. The van der Waals surface area contributed by atoms with Crippen LogP contribution in [-0.4, -0.2) is 54.9 Å². The molecule has 0 bridgehead atoms. The number of aromatic nitrogens is 2. The third-order valence-electron chi connectivity index (χ3n) is 5.04. The van der Waals surface area contributed by atoms with Gasteiger partial charge in [0.25, 0.3) is 0 Å². The van der Waals surface area contributed by atoms with E-state index in [0.29, 0.717) is 23.9 Å². The smallest absolute Gasteiger partial charge is 0.239 e. The predicted octanol–water partition coefficient (Wildman–Crippen LogP) is 2.95. The number of carbonyl (C=O) groups is 1. The number of rotatable bonds is 4. The second-order valence-corrected chi connectivity index (χ2v) is 10.6. The first-order valence-electron chi connectivity index (χ1n) is 9.62. The van der Waals surface area contributed by atoms with Crippen molar-refractivity contribution in [1.82, 2.24) is 14.7 Å². The molecule has 6 nitrogen and oxygen atoms in total. The highest BCUT2D eigenvalue weighted by atomic mass is 32.2. The zero-order valence-corrected chi connectivity index (χ0v) is 18.2. The molecule has 0 spiro atoms. The first-order valence-corrected chi connectivity index (χ1v) is 11.1. The van der Waals surface area contributed by atoms with Crippen molar-refractivity contribution in [3.8, 4) is 5.69 Å². The van der Waals surface area contributed by atoms with Gasteiger partial charge < -0.3 is 5.32 Å². The van der Waals surface area contributed by atoms with E-state index in [9.17, 15) is 9.00 Å². The van der Waals surface area contributed by atoms with Crippen molar-refractivity contribution >= 4 is 22.5 Å². The van der Waals surface area contributed by atoms with Crippen LogP contribution >= 0.6 is 0 Å². The van der Waals surface area contributed by atoms with Gasteiger partial charge in [0, 0.05) is 45.9 Å². The highest BCUT2D eigenvalue weighted by Gasteiger charge is 2.34. The van der Waals surface area contributed by atoms with E-state index in [0.717, 1.165) is 11.4 Å². The van der Waals surface area contributed by atoms with E-state index in [1.165, 1.54) is 0 Å². The van der Waals surface area contributed by atoms with Crippen molar-refractivity contribution in [1.29, 1.82) is 0 Å². The minimum Gasteiger partial charge on any atom is -0.309 e. The molecule has 28 heavy (non-hydrogen) atoms. The molecule has 7 heteroatoms. The van der Waals surface area contributed by atoms with E-state index in [1.54, 1.807) is 4.68 Å². The van der Waals surface area contributed by atoms with Crippen LogP contribution in [-0.2, 0) is 21.0 Å². The minimum atomic E-state index is -0.806. The molecule has 0 aliphatic carbocycles. The molecule has 1 aromatic carbocycles. The summed E-state index contributed by atoms with van der Waals surface area (Å²) in [6.45, 7) is 11.3. The third kappa shape index (κ3) is 4.70. The molecule has 0 radical (unpaired) electrons. The van der Waals surface area contributed by atoms with Gasteiger partial charge in [-0.1, -0.05) is 39.0 Å². The van der Waals surface area contributed by atoms with Crippen LogP contribution in [0, 0.1) is 0 Å². The highest BCUT2D eigenvalue weighted by Crippen LogP contribution is 2.26. The Morgan fingerprint density at radius 2 is 1.93 bits per heavy atom. The number of amides is 1. The van der Waals surface area contributed by atoms with E-state index < -0.39 is 10.8 Å². The first kappa shape index (κ1) is 20.7. The lowest BCUT2D eigenvalue weighted by Crippen LogP contribution is -2.55. The van der Waals surface area contributed by atoms with E-state index >= 15 is 0 Å². The molecular formula is C21H30N4O2S. The summed E-state index contributed by atoms with van der Waals surface area (Å²) >= 11 is 0. The topological polar surface area (TPSA) is 67.2 Å². The first-order chi connectivity index (χ1) is 13.1. The molecule has 2 heterocycles. The fourth-order valence-corrected chi connectivity index (χ4v) is 4.86. The molecule has 0 saturated carbocycles. The van der Waals surface area contributed by atoms with Gasteiger partial charge in [0.1, 0.15) is 5.82 Å². The maximum atomic E-state index is 12.8. The van der Waals surface area contributed by atoms with Gasteiger partial charge in [-0.25, -0.2) is 4.68 Å². The van der Waals surface area contributed by atoms with Gasteiger partial charge in [0.15, 0.2) is 0 Å². The summed E-state index contributed by atoms with van der Waals surface area (Å²) in [7, 11) is -0.806. The molecule has 1 aliphatic rings. The summed E-state index contributed by atoms with van der Waals surface area (Å²) < 4.78 is 13.7. The van der Waals surface area contributed by atoms with Gasteiger partial charge in [-0.15, -0.1) is 0 Å². The van der Waals surface area contributed by atoms with Crippen molar-refractivity contribution in [2.24, 2.45) is 0 Å². The molecule has 152 valence electrons. The Morgan fingerprint density at radius 1 is 1.25 bits per heavy atom. The zero-order valence-electron chi connectivity index (χ0n) is 17.4. The molecule has 2 aromatic rings. The van der Waals surface area contributed by atoms with E-state index in [1.807, 2.05) is 50.2 Å². The number of nitrogens with one attached hydrogen (secondary N) is 1. The van der Waals surface area contributed by atoms with Crippen LogP contribution in [0.3, 0.4) is 0 Å². The van der Waals surface area contributed by atoms with Crippen molar-refractivity contribution in [2.45, 2.75) is 45.6 Å². The molecule has 1 aromatic heterocycles. The second-order valence-electron chi connectivity index (χ2n) is 8.98. The summed E-state index contributed by atoms with van der Waals surface area (Å²) in [5, 5.41) is 7.78. The molecule has 1 atom stereocenters. The monoisotopic (exact) mass is 402 g/mol. The van der Waals surface area contributed by atoms with E-state index in [4.69, 9.17) is 5.10 Å². The van der Waals surface area contributed by atoms with Gasteiger partial charge in [-0.2, -0.15) is 5.10 Å². The number of anilines is 1. The number of nitrogens with zero attached hydrogens (tertiary/aromatic N) is 3. The molecular weight excluding hydrogens is 372 g/mol. The average molecular weight is 403 g/mol. The lowest BCUT2D eigenvalue weighted by Gasteiger charge is -2.41.